The SMILES string of the molecule is CN1CCSCC1c1noc(C2(C)CCNCC2)n1. The van der Waals surface area contributed by atoms with Crippen LogP contribution in [0.25, 0.3) is 0 Å². The van der Waals surface area contributed by atoms with Gasteiger partial charge in [0, 0.05) is 23.5 Å². The Morgan fingerprint density at radius 3 is 2.95 bits per heavy atom. The highest BCUT2D eigenvalue weighted by molar-refractivity contribution is 7.99. The zero-order valence-electron chi connectivity index (χ0n) is 11.7. The van der Waals surface area contributed by atoms with E-state index >= 15 is 0 Å². The zero-order valence-corrected chi connectivity index (χ0v) is 12.5. The predicted octanol–water partition coefficient (Wildman–Crippen LogP) is 1.43. The van der Waals surface area contributed by atoms with E-state index in [1.165, 1.54) is 5.75 Å². The molecule has 0 spiro atoms. The molecule has 2 aliphatic rings. The van der Waals surface area contributed by atoms with Crippen LogP contribution in [0.5, 0.6) is 0 Å². The highest BCUT2D eigenvalue weighted by Gasteiger charge is 2.36. The molecule has 2 aliphatic heterocycles. The quantitative estimate of drug-likeness (QED) is 0.885. The van der Waals surface area contributed by atoms with Crippen LogP contribution in [-0.4, -0.2) is 53.2 Å². The summed E-state index contributed by atoms with van der Waals surface area (Å²) in [5.74, 6) is 3.95. The van der Waals surface area contributed by atoms with Crippen LogP contribution in [0.15, 0.2) is 4.52 Å². The van der Waals surface area contributed by atoms with Gasteiger partial charge >= 0.3 is 0 Å². The minimum absolute atomic E-state index is 0.0525. The van der Waals surface area contributed by atoms with Gasteiger partial charge in [-0.1, -0.05) is 12.1 Å². The van der Waals surface area contributed by atoms with Gasteiger partial charge in [-0.25, -0.2) is 0 Å². The molecule has 0 aromatic carbocycles. The topological polar surface area (TPSA) is 54.2 Å². The molecule has 1 aromatic rings. The molecule has 0 bridgehead atoms. The van der Waals surface area contributed by atoms with E-state index in [4.69, 9.17) is 9.51 Å². The number of nitrogens with one attached hydrogen (secondary N) is 1. The highest BCUT2D eigenvalue weighted by Crippen LogP contribution is 2.33. The smallest absolute Gasteiger partial charge is 0.232 e. The maximum absolute atomic E-state index is 5.58. The minimum atomic E-state index is 0.0525. The summed E-state index contributed by atoms with van der Waals surface area (Å²) >= 11 is 1.97. The molecule has 2 saturated heterocycles. The summed E-state index contributed by atoms with van der Waals surface area (Å²) in [5, 5.41) is 7.63. The summed E-state index contributed by atoms with van der Waals surface area (Å²) < 4.78 is 5.58. The van der Waals surface area contributed by atoms with Crippen molar-refractivity contribution in [1.29, 1.82) is 0 Å². The van der Waals surface area contributed by atoms with Gasteiger partial charge in [0.1, 0.15) is 0 Å². The Hall–Kier alpha value is -0.590. The van der Waals surface area contributed by atoms with Gasteiger partial charge in [-0.2, -0.15) is 16.7 Å². The van der Waals surface area contributed by atoms with Crippen molar-refractivity contribution in [2.75, 3.05) is 38.2 Å². The van der Waals surface area contributed by atoms with E-state index < -0.39 is 0 Å². The second-order valence-electron chi connectivity index (χ2n) is 5.84. The van der Waals surface area contributed by atoms with Crippen LogP contribution in [0.3, 0.4) is 0 Å². The summed E-state index contributed by atoms with van der Waals surface area (Å²) in [7, 11) is 2.15. The van der Waals surface area contributed by atoms with Gasteiger partial charge in [0.25, 0.3) is 0 Å². The molecule has 106 valence electrons. The van der Waals surface area contributed by atoms with Crippen molar-refractivity contribution in [2.24, 2.45) is 0 Å². The Morgan fingerprint density at radius 1 is 1.42 bits per heavy atom. The Labute approximate surface area is 118 Å². The lowest BCUT2D eigenvalue weighted by molar-refractivity contribution is 0.234. The average Bonchev–Trinajstić information content (AvgIpc) is 2.90. The van der Waals surface area contributed by atoms with Gasteiger partial charge in [0.05, 0.1) is 6.04 Å². The van der Waals surface area contributed by atoms with Crippen molar-refractivity contribution in [1.82, 2.24) is 20.4 Å². The van der Waals surface area contributed by atoms with Gasteiger partial charge in [-0.15, -0.1) is 0 Å². The standard InChI is InChI=1S/C13H22N4OS/c1-13(3-5-14-6-4-13)12-15-11(16-18-12)10-9-19-8-7-17(10)2/h10,14H,3-9H2,1-2H3. The van der Waals surface area contributed by atoms with E-state index in [9.17, 15) is 0 Å². The normalized spacial score (nSPS) is 28.4. The molecule has 0 amide bonds. The lowest BCUT2D eigenvalue weighted by Gasteiger charge is -2.31. The van der Waals surface area contributed by atoms with Crippen molar-refractivity contribution in [3.8, 4) is 0 Å². The molecule has 0 aliphatic carbocycles. The number of nitrogens with zero attached hydrogens (tertiary/aromatic N) is 3. The number of aromatic nitrogens is 2. The summed E-state index contributed by atoms with van der Waals surface area (Å²) in [4.78, 5) is 7.05. The molecular weight excluding hydrogens is 260 g/mol. The third-order valence-corrected chi connectivity index (χ3v) is 5.38. The maximum Gasteiger partial charge on any atom is 0.232 e. The van der Waals surface area contributed by atoms with Crippen molar-refractivity contribution in [3.05, 3.63) is 11.7 Å². The minimum Gasteiger partial charge on any atom is -0.339 e. The van der Waals surface area contributed by atoms with Crippen LogP contribution in [0.1, 0.15) is 37.5 Å². The molecule has 19 heavy (non-hydrogen) atoms. The molecule has 2 fully saturated rings. The molecule has 5 nitrogen and oxygen atoms in total. The van der Waals surface area contributed by atoms with E-state index in [2.05, 4.69) is 29.3 Å². The third-order valence-electron chi connectivity index (χ3n) is 4.36. The van der Waals surface area contributed by atoms with Gasteiger partial charge < -0.3 is 9.84 Å². The lowest BCUT2D eigenvalue weighted by atomic mass is 9.81. The summed E-state index contributed by atoms with van der Waals surface area (Å²) in [6.45, 7) is 5.41. The van der Waals surface area contributed by atoms with Crippen molar-refractivity contribution in [3.63, 3.8) is 0 Å². The summed E-state index contributed by atoms with van der Waals surface area (Å²) in [5.41, 5.74) is 0.0525. The van der Waals surface area contributed by atoms with Crippen LogP contribution >= 0.6 is 11.8 Å². The number of hydrogen-bond acceptors (Lipinski definition) is 6. The fourth-order valence-electron chi connectivity index (χ4n) is 2.77. The molecule has 3 heterocycles. The van der Waals surface area contributed by atoms with Crippen LogP contribution in [0.4, 0.5) is 0 Å². The van der Waals surface area contributed by atoms with Crippen molar-refractivity contribution in [2.45, 2.75) is 31.2 Å². The van der Waals surface area contributed by atoms with Crippen LogP contribution in [-0.2, 0) is 5.41 Å². The van der Waals surface area contributed by atoms with E-state index in [1.54, 1.807) is 0 Å². The van der Waals surface area contributed by atoms with Crippen molar-refractivity contribution >= 4 is 11.8 Å². The van der Waals surface area contributed by atoms with E-state index in [0.29, 0.717) is 6.04 Å². The highest BCUT2D eigenvalue weighted by atomic mass is 32.2. The molecule has 1 unspecified atom stereocenters. The third kappa shape index (κ3) is 2.66. The summed E-state index contributed by atoms with van der Waals surface area (Å²) in [6.07, 6.45) is 2.15. The lowest BCUT2D eigenvalue weighted by Crippen LogP contribution is -2.38. The maximum atomic E-state index is 5.58. The summed E-state index contributed by atoms with van der Waals surface area (Å²) in [6, 6.07) is 0.307. The molecule has 1 aromatic heterocycles. The molecule has 1 N–H and O–H groups in total. The van der Waals surface area contributed by atoms with Gasteiger partial charge in [0.2, 0.25) is 5.89 Å². The van der Waals surface area contributed by atoms with Crippen LogP contribution in [0, 0.1) is 0 Å². The first-order valence-corrected chi connectivity index (χ1v) is 8.17. The first-order chi connectivity index (χ1) is 9.19. The predicted molar refractivity (Wildman–Crippen MR) is 76.4 cm³/mol. The Balaban J connectivity index is 1.78. The fourth-order valence-corrected chi connectivity index (χ4v) is 3.98. The molecule has 6 heteroatoms. The molecule has 0 radical (unpaired) electrons. The van der Waals surface area contributed by atoms with Gasteiger partial charge in [0.15, 0.2) is 5.82 Å². The fraction of sp³-hybridized carbons (Fsp3) is 0.846. The van der Waals surface area contributed by atoms with Crippen LogP contribution in [0.2, 0.25) is 0 Å². The largest absolute Gasteiger partial charge is 0.339 e. The van der Waals surface area contributed by atoms with Crippen molar-refractivity contribution < 1.29 is 4.52 Å². The Morgan fingerprint density at radius 2 is 2.21 bits per heavy atom. The van der Waals surface area contributed by atoms with E-state index in [0.717, 1.165) is 49.9 Å². The van der Waals surface area contributed by atoms with Crippen LogP contribution < -0.4 is 5.32 Å². The molecule has 3 rings (SSSR count). The second-order valence-corrected chi connectivity index (χ2v) is 6.99. The van der Waals surface area contributed by atoms with Gasteiger partial charge in [-0.3, -0.25) is 4.90 Å². The molecular formula is C13H22N4OS. The Bertz CT molecular complexity index is 430. The first kappa shape index (κ1) is 13.4. The Kier molecular flexibility index (Phi) is 3.82. The molecule has 1 atom stereocenters. The molecule has 0 saturated carbocycles. The monoisotopic (exact) mass is 282 g/mol. The average molecular weight is 282 g/mol. The zero-order chi connectivity index (χ0) is 13.3. The number of hydrogen-bond donors (Lipinski definition) is 1. The number of thioether (sulfide) groups is 1. The number of piperidine rings is 1. The second kappa shape index (κ2) is 5.42. The van der Waals surface area contributed by atoms with E-state index in [1.807, 2.05) is 11.8 Å². The number of rotatable bonds is 2. The van der Waals surface area contributed by atoms with E-state index in [-0.39, 0.29) is 5.41 Å². The first-order valence-electron chi connectivity index (χ1n) is 7.02. The van der Waals surface area contributed by atoms with Gasteiger partial charge in [-0.05, 0) is 33.0 Å².